The molecule has 4 rings (SSSR count). The second kappa shape index (κ2) is 14.5. The van der Waals surface area contributed by atoms with Gasteiger partial charge in [-0.1, -0.05) is 72.3 Å². The molecule has 1 N–H and O–H groups in total. The minimum absolute atomic E-state index is 0.00629. The van der Waals surface area contributed by atoms with Crippen molar-refractivity contribution in [2.24, 2.45) is 0 Å². The summed E-state index contributed by atoms with van der Waals surface area (Å²) < 4.78 is 34.2. The summed E-state index contributed by atoms with van der Waals surface area (Å²) >= 11 is 12.5. The van der Waals surface area contributed by atoms with Crippen LogP contribution in [0.5, 0.6) is 5.75 Å². The molecule has 230 valence electrons. The lowest BCUT2D eigenvalue weighted by Gasteiger charge is -2.33. The number of hydrogen-bond acceptors (Lipinski definition) is 5. The van der Waals surface area contributed by atoms with Crippen LogP contribution in [0.3, 0.4) is 0 Å². The van der Waals surface area contributed by atoms with Gasteiger partial charge >= 0.3 is 0 Å². The van der Waals surface area contributed by atoms with E-state index < -0.39 is 28.5 Å². The summed E-state index contributed by atoms with van der Waals surface area (Å²) in [6.45, 7) is 3.01. The molecule has 2 amide bonds. The molecule has 0 aromatic heterocycles. The average Bonchev–Trinajstić information content (AvgIpc) is 2.98. The first-order chi connectivity index (χ1) is 20.5. The van der Waals surface area contributed by atoms with Crippen LogP contribution in [0.2, 0.25) is 10.0 Å². The molecule has 3 aromatic carbocycles. The van der Waals surface area contributed by atoms with E-state index in [1.165, 1.54) is 35.2 Å². The Morgan fingerprint density at radius 3 is 2.14 bits per heavy atom. The lowest BCUT2D eigenvalue weighted by molar-refractivity contribution is -0.139. The van der Waals surface area contributed by atoms with Gasteiger partial charge in [-0.05, 0) is 74.7 Å². The van der Waals surface area contributed by atoms with E-state index >= 15 is 0 Å². The van der Waals surface area contributed by atoms with Crippen molar-refractivity contribution in [1.82, 2.24) is 10.2 Å². The molecule has 0 unspecified atom stereocenters. The van der Waals surface area contributed by atoms with Gasteiger partial charge in [-0.15, -0.1) is 0 Å². The lowest BCUT2D eigenvalue weighted by atomic mass is 9.95. The van der Waals surface area contributed by atoms with Gasteiger partial charge in [0.15, 0.2) is 0 Å². The summed E-state index contributed by atoms with van der Waals surface area (Å²) in [5.41, 5.74) is 1.77. The topological polar surface area (TPSA) is 96.0 Å². The van der Waals surface area contributed by atoms with Gasteiger partial charge in [0, 0.05) is 22.6 Å². The van der Waals surface area contributed by atoms with Crippen LogP contribution in [0.15, 0.2) is 71.6 Å². The second-order valence-corrected chi connectivity index (χ2v) is 13.6. The lowest BCUT2D eigenvalue weighted by Crippen LogP contribution is -2.53. The molecule has 1 fully saturated rings. The number of nitrogens with zero attached hydrogens (tertiary/aromatic N) is 2. The fourth-order valence-electron chi connectivity index (χ4n) is 5.13. The van der Waals surface area contributed by atoms with Crippen LogP contribution in [0.1, 0.15) is 50.2 Å². The fourth-order valence-corrected chi connectivity index (χ4v) is 7.04. The van der Waals surface area contributed by atoms with Crippen LogP contribution in [-0.2, 0) is 26.2 Å². The van der Waals surface area contributed by atoms with E-state index in [0.717, 1.165) is 47.5 Å². The van der Waals surface area contributed by atoms with E-state index in [-0.39, 0.29) is 39.1 Å². The van der Waals surface area contributed by atoms with Gasteiger partial charge in [0.25, 0.3) is 10.0 Å². The number of methoxy groups -OCH3 is 1. The first kappa shape index (κ1) is 32.6. The average molecular weight is 647 g/mol. The smallest absolute Gasteiger partial charge is 0.264 e. The van der Waals surface area contributed by atoms with Gasteiger partial charge in [-0.25, -0.2) is 8.42 Å². The second-order valence-electron chi connectivity index (χ2n) is 10.8. The van der Waals surface area contributed by atoms with Crippen molar-refractivity contribution in [2.75, 3.05) is 18.0 Å². The highest BCUT2D eigenvalue weighted by molar-refractivity contribution is 7.92. The molecule has 3 aromatic rings. The van der Waals surface area contributed by atoms with E-state index in [9.17, 15) is 18.0 Å². The van der Waals surface area contributed by atoms with Crippen molar-refractivity contribution in [3.63, 3.8) is 0 Å². The zero-order chi connectivity index (χ0) is 31.1. The monoisotopic (exact) mass is 645 g/mol. The van der Waals surface area contributed by atoms with Crippen molar-refractivity contribution < 1.29 is 22.7 Å². The van der Waals surface area contributed by atoms with Crippen LogP contribution in [0, 0.1) is 6.92 Å². The number of nitrogens with one attached hydrogen (secondary N) is 1. The molecule has 8 nitrogen and oxygen atoms in total. The number of halogens is 2. The van der Waals surface area contributed by atoms with Crippen molar-refractivity contribution in [2.45, 2.75) is 69.5 Å². The van der Waals surface area contributed by atoms with Crippen LogP contribution in [0.25, 0.3) is 0 Å². The zero-order valence-corrected chi connectivity index (χ0v) is 26.9. The normalized spacial score (nSPS) is 14.5. The van der Waals surface area contributed by atoms with Crippen molar-refractivity contribution in [1.29, 1.82) is 0 Å². The van der Waals surface area contributed by atoms with E-state index in [4.69, 9.17) is 27.9 Å². The van der Waals surface area contributed by atoms with Crippen molar-refractivity contribution in [3.05, 3.63) is 87.9 Å². The SMILES string of the molecule is COc1ccc(CN(C(=O)CN(c2cc(Cl)cc(Cl)c2)S(=O)(=O)c2ccc(C)cc2)[C@H](C)C(=O)NC2CCCCC2)cc1. The number of sulfonamides is 1. The molecule has 1 saturated carbocycles. The van der Waals surface area contributed by atoms with E-state index in [2.05, 4.69) is 5.32 Å². The Labute approximate surface area is 264 Å². The molecule has 0 bridgehead atoms. The van der Waals surface area contributed by atoms with Crippen molar-refractivity contribution in [3.8, 4) is 5.75 Å². The molecule has 1 aliphatic rings. The quantitative estimate of drug-likeness (QED) is 0.261. The molecule has 11 heteroatoms. The van der Waals surface area contributed by atoms with Gasteiger partial charge in [-0.2, -0.15) is 0 Å². The van der Waals surface area contributed by atoms with Gasteiger partial charge < -0.3 is 15.0 Å². The minimum Gasteiger partial charge on any atom is -0.497 e. The van der Waals surface area contributed by atoms with Crippen LogP contribution >= 0.6 is 23.2 Å². The molecule has 0 heterocycles. The number of carbonyl (C=O) groups is 2. The Kier molecular flexibility index (Phi) is 11.0. The van der Waals surface area contributed by atoms with E-state index in [1.54, 1.807) is 38.3 Å². The number of benzene rings is 3. The largest absolute Gasteiger partial charge is 0.497 e. The van der Waals surface area contributed by atoms with Crippen LogP contribution in [-0.4, -0.2) is 50.9 Å². The maximum Gasteiger partial charge on any atom is 0.264 e. The molecular weight excluding hydrogens is 609 g/mol. The Bertz CT molecular complexity index is 1510. The summed E-state index contributed by atoms with van der Waals surface area (Å²) in [6.07, 6.45) is 5.01. The van der Waals surface area contributed by atoms with Gasteiger partial charge in [0.2, 0.25) is 11.8 Å². The minimum atomic E-state index is -4.23. The van der Waals surface area contributed by atoms with E-state index in [0.29, 0.717) is 5.75 Å². The predicted molar refractivity (Wildman–Crippen MR) is 170 cm³/mol. The summed E-state index contributed by atoms with van der Waals surface area (Å²) in [5, 5.41) is 3.53. The van der Waals surface area contributed by atoms with Crippen LogP contribution in [0.4, 0.5) is 5.69 Å². The highest BCUT2D eigenvalue weighted by Crippen LogP contribution is 2.30. The maximum absolute atomic E-state index is 14.1. The Morgan fingerprint density at radius 1 is 0.953 bits per heavy atom. The molecule has 0 saturated heterocycles. The van der Waals surface area contributed by atoms with Gasteiger partial charge in [0.1, 0.15) is 18.3 Å². The molecule has 43 heavy (non-hydrogen) atoms. The van der Waals surface area contributed by atoms with E-state index in [1.807, 2.05) is 19.1 Å². The number of amides is 2. The number of carbonyl (C=O) groups excluding carboxylic acids is 2. The highest BCUT2D eigenvalue weighted by atomic mass is 35.5. The Morgan fingerprint density at radius 2 is 1.56 bits per heavy atom. The fraction of sp³-hybridized carbons (Fsp3) is 0.375. The third kappa shape index (κ3) is 8.43. The van der Waals surface area contributed by atoms with Crippen LogP contribution < -0.4 is 14.4 Å². The summed E-state index contributed by atoms with van der Waals surface area (Å²) in [5.74, 6) is -0.195. The molecule has 0 aliphatic heterocycles. The Balaban J connectivity index is 1.70. The Hall–Kier alpha value is -3.27. The third-order valence-corrected chi connectivity index (χ3v) is 9.88. The summed E-state index contributed by atoms with van der Waals surface area (Å²) in [6, 6.07) is 17.1. The zero-order valence-electron chi connectivity index (χ0n) is 24.6. The highest BCUT2D eigenvalue weighted by Gasteiger charge is 2.33. The summed E-state index contributed by atoms with van der Waals surface area (Å²) in [7, 11) is -2.67. The predicted octanol–water partition coefficient (Wildman–Crippen LogP) is 6.37. The van der Waals surface area contributed by atoms with Crippen molar-refractivity contribution >= 4 is 50.7 Å². The third-order valence-electron chi connectivity index (χ3n) is 7.65. The number of anilines is 1. The number of aryl methyl sites for hydroxylation is 1. The maximum atomic E-state index is 14.1. The molecular formula is C32H37Cl2N3O5S. The first-order valence-electron chi connectivity index (χ1n) is 14.3. The van der Waals surface area contributed by atoms with Gasteiger partial charge in [0.05, 0.1) is 17.7 Å². The molecule has 0 radical (unpaired) electrons. The number of rotatable bonds is 11. The molecule has 0 spiro atoms. The first-order valence-corrected chi connectivity index (χ1v) is 16.5. The number of hydrogen-bond donors (Lipinski definition) is 1. The van der Waals surface area contributed by atoms with Gasteiger partial charge in [-0.3, -0.25) is 13.9 Å². The molecule has 1 aliphatic carbocycles. The summed E-state index contributed by atoms with van der Waals surface area (Å²) in [4.78, 5) is 29.0. The number of ether oxygens (including phenoxy) is 1. The standard InChI is InChI=1S/C32H37Cl2N3O5S/c1-22-9-15-30(16-10-22)43(40,41)37(28-18-25(33)17-26(34)19-28)21-31(38)36(20-24-11-13-29(42-3)14-12-24)23(2)32(39)35-27-7-5-4-6-8-27/h9-19,23,27H,4-8,20-21H2,1-3H3,(H,35,39)/t23-/m1/s1. The molecule has 1 atom stereocenters.